The Morgan fingerprint density at radius 1 is 1.00 bits per heavy atom. The smallest absolute Gasteiger partial charge is 0.253 e. The molecule has 0 saturated carbocycles. The summed E-state index contributed by atoms with van der Waals surface area (Å²) in [6, 6.07) is 13.4. The minimum absolute atomic E-state index is 0.0208. The van der Waals surface area contributed by atoms with Gasteiger partial charge in [0.1, 0.15) is 0 Å². The van der Waals surface area contributed by atoms with Gasteiger partial charge in [0.15, 0.2) is 0 Å². The molecule has 1 saturated heterocycles. The molecule has 2 aromatic carbocycles. The van der Waals surface area contributed by atoms with Crippen LogP contribution < -0.4 is 4.74 Å². The zero-order chi connectivity index (χ0) is 21.3. The van der Waals surface area contributed by atoms with Gasteiger partial charge in [-0.15, -0.1) is 0 Å². The highest BCUT2D eigenvalue weighted by Gasteiger charge is 2.23. The summed E-state index contributed by atoms with van der Waals surface area (Å²) in [5.41, 5.74) is 2.37. The van der Waals surface area contributed by atoms with Gasteiger partial charge in [-0.1, -0.05) is 35.9 Å². The van der Waals surface area contributed by atoms with E-state index in [0.717, 1.165) is 21.9 Å². The molecule has 0 N–H and O–H groups in total. The lowest BCUT2D eigenvalue weighted by molar-refractivity contribution is -0.130. The topological polar surface area (TPSA) is 62.7 Å². The zero-order valence-electron chi connectivity index (χ0n) is 16.9. The monoisotopic (exact) mass is 423 g/mol. The Labute approximate surface area is 180 Å². The average molecular weight is 424 g/mol. The fourth-order valence-electron chi connectivity index (χ4n) is 3.84. The number of nitrogens with zero attached hydrogens (tertiary/aromatic N) is 3. The normalized spacial score (nSPS) is 14.1. The maximum atomic E-state index is 13.0. The van der Waals surface area contributed by atoms with Crippen LogP contribution in [0, 0.1) is 0 Å². The summed E-state index contributed by atoms with van der Waals surface area (Å²) in [7, 11) is 1.58. The van der Waals surface area contributed by atoms with Gasteiger partial charge >= 0.3 is 0 Å². The molecule has 30 heavy (non-hydrogen) atoms. The average Bonchev–Trinajstić information content (AvgIpc) is 2.77. The molecule has 1 fully saturated rings. The molecular formula is C23H22ClN3O3. The second-order valence-electron chi connectivity index (χ2n) is 7.25. The maximum Gasteiger partial charge on any atom is 0.253 e. The van der Waals surface area contributed by atoms with Gasteiger partial charge in [0.2, 0.25) is 11.8 Å². The van der Waals surface area contributed by atoms with Gasteiger partial charge in [0.25, 0.3) is 5.91 Å². The number of carbonyl (C=O) groups excluding carboxylic acids is 2. The molecule has 1 aliphatic heterocycles. The third kappa shape index (κ3) is 3.83. The molecule has 2 heterocycles. The van der Waals surface area contributed by atoms with Crippen molar-refractivity contribution in [3.8, 4) is 17.0 Å². The standard InChI is InChI=1S/C23H22ClN3O3/c1-15(28)26-8-10-27(11-9-26)23(29)17-6-7-19-16(12-17)4-3-5-20(19)21-13-18(24)14-25-22(21)30-2/h3-7,12-14H,8-11H2,1-2H3. The first-order chi connectivity index (χ1) is 14.5. The van der Waals surface area contributed by atoms with Crippen LogP contribution in [0.1, 0.15) is 17.3 Å². The molecule has 3 aromatic rings. The third-order valence-electron chi connectivity index (χ3n) is 5.44. The van der Waals surface area contributed by atoms with Gasteiger partial charge < -0.3 is 14.5 Å². The van der Waals surface area contributed by atoms with Crippen molar-refractivity contribution in [1.29, 1.82) is 0 Å². The maximum absolute atomic E-state index is 13.0. The van der Waals surface area contributed by atoms with Crippen LogP contribution in [-0.4, -0.2) is 59.9 Å². The number of hydrogen-bond donors (Lipinski definition) is 0. The van der Waals surface area contributed by atoms with E-state index in [-0.39, 0.29) is 11.8 Å². The summed E-state index contributed by atoms with van der Waals surface area (Å²) in [6.45, 7) is 3.79. The van der Waals surface area contributed by atoms with E-state index in [9.17, 15) is 9.59 Å². The van der Waals surface area contributed by atoms with E-state index in [0.29, 0.717) is 42.6 Å². The summed E-state index contributed by atoms with van der Waals surface area (Å²) in [6.07, 6.45) is 1.55. The highest BCUT2D eigenvalue weighted by Crippen LogP contribution is 2.35. The van der Waals surface area contributed by atoms with E-state index in [1.807, 2.05) is 42.5 Å². The summed E-state index contributed by atoms with van der Waals surface area (Å²) in [4.78, 5) is 32.3. The van der Waals surface area contributed by atoms with Gasteiger partial charge in [0, 0.05) is 50.4 Å². The van der Waals surface area contributed by atoms with Gasteiger partial charge in [-0.2, -0.15) is 0 Å². The molecule has 0 spiro atoms. The molecule has 0 unspecified atom stereocenters. The van der Waals surface area contributed by atoms with E-state index < -0.39 is 0 Å². The van der Waals surface area contributed by atoms with Crippen LogP contribution in [0.5, 0.6) is 5.88 Å². The predicted octanol–water partition coefficient (Wildman–Crippen LogP) is 3.87. The first-order valence-electron chi connectivity index (χ1n) is 9.75. The van der Waals surface area contributed by atoms with Crippen molar-refractivity contribution in [2.24, 2.45) is 0 Å². The van der Waals surface area contributed by atoms with Crippen molar-refractivity contribution in [3.63, 3.8) is 0 Å². The Kier molecular flexibility index (Phi) is 5.59. The number of halogens is 1. The van der Waals surface area contributed by atoms with Gasteiger partial charge in [0.05, 0.1) is 12.1 Å². The largest absolute Gasteiger partial charge is 0.481 e. The minimum atomic E-state index is -0.0208. The number of rotatable bonds is 3. The Bertz CT molecular complexity index is 1120. The van der Waals surface area contributed by atoms with Crippen LogP contribution in [0.25, 0.3) is 21.9 Å². The van der Waals surface area contributed by atoms with E-state index in [1.54, 1.807) is 30.0 Å². The molecule has 2 amide bonds. The fraction of sp³-hybridized carbons (Fsp3) is 0.261. The fourth-order valence-corrected chi connectivity index (χ4v) is 4.00. The van der Waals surface area contributed by atoms with E-state index in [1.165, 1.54) is 0 Å². The number of methoxy groups -OCH3 is 1. The molecule has 6 nitrogen and oxygen atoms in total. The van der Waals surface area contributed by atoms with Crippen LogP contribution >= 0.6 is 11.6 Å². The molecule has 1 aromatic heterocycles. The van der Waals surface area contributed by atoms with Crippen molar-refractivity contribution in [1.82, 2.24) is 14.8 Å². The number of carbonyl (C=O) groups is 2. The van der Waals surface area contributed by atoms with Crippen molar-refractivity contribution in [2.75, 3.05) is 33.3 Å². The van der Waals surface area contributed by atoms with Gasteiger partial charge in [-0.05, 0) is 34.5 Å². The number of ether oxygens (including phenoxy) is 1. The van der Waals surface area contributed by atoms with Crippen LogP contribution in [0.2, 0.25) is 5.02 Å². The molecule has 0 bridgehead atoms. The van der Waals surface area contributed by atoms with E-state index in [2.05, 4.69) is 4.98 Å². The molecule has 0 radical (unpaired) electrons. The molecule has 7 heteroatoms. The number of pyridine rings is 1. The summed E-state index contributed by atoms with van der Waals surface area (Å²) >= 11 is 6.16. The van der Waals surface area contributed by atoms with Crippen molar-refractivity contribution in [2.45, 2.75) is 6.92 Å². The Balaban J connectivity index is 1.66. The zero-order valence-corrected chi connectivity index (χ0v) is 17.6. The first kappa shape index (κ1) is 20.2. The van der Waals surface area contributed by atoms with Crippen molar-refractivity contribution >= 4 is 34.2 Å². The first-order valence-corrected chi connectivity index (χ1v) is 10.1. The van der Waals surface area contributed by atoms with Crippen molar-refractivity contribution < 1.29 is 14.3 Å². The molecule has 0 atom stereocenters. The van der Waals surface area contributed by atoms with Crippen molar-refractivity contribution in [3.05, 3.63) is 59.2 Å². The number of fused-ring (bicyclic) bond motifs is 1. The van der Waals surface area contributed by atoms with Gasteiger partial charge in [-0.3, -0.25) is 9.59 Å². The van der Waals surface area contributed by atoms with Crippen LogP contribution in [0.15, 0.2) is 48.7 Å². The van der Waals surface area contributed by atoms with Gasteiger partial charge in [-0.25, -0.2) is 4.98 Å². The summed E-state index contributed by atoms with van der Waals surface area (Å²) in [5.74, 6) is 0.522. The number of piperazine rings is 1. The van der Waals surface area contributed by atoms with Crippen LogP contribution in [0.3, 0.4) is 0 Å². The summed E-state index contributed by atoms with van der Waals surface area (Å²) < 4.78 is 5.41. The number of hydrogen-bond acceptors (Lipinski definition) is 4. The predicted molar refractivity (Wildman–Crippen MR) is 117 cm³/mol. The number of benzene rings is 2. The SMILES string of the molecule is COc1ncc(Cl)cc1-c1cccc2cc(C(=O)N3CCN(C(C)=O)CC3)ccc12. The van der Waals surface area contributed by atoms with E-state index >= 15 is 0 Å². The second-order valence-corrected chi connectivity index (χ2v) is 7.69. The highest BCUT2D eigenvalue weighted by atomic mass is 35.5. The van der Waals surface area contributed by atoms with Crippen LogP contribution in [0.4, 0.5) is 0 Å². The lowest BCUT2D eigenvalue weighted by Gasteiger charge is -2.34. The number of amides is 2. The molecule has 0 aliphatic carbocycles. The quantitative estimate of drug-likeness (QED) is 0.641. The lowest BCUT2D eigenvalue weighted by Crippen LogP contribution is -2.50. The Hall–Kier alpha value is -3.12. The lowest BCUT2D eigenvalue weighted by atomic mass is 9.97. The molecular weight excluding hydrogens is 402 g/mol. The number of aromatic nitrogens is 1. The third-order valence-corrected chi connectivity index (χ3v) is 5.65. The summed E-state index contributed by atoms with van der Waals surface area (Å²) in [5, 5.41) is 2.46. The molecule has 4 rings (SSSR count). The molecule has 1 aliphatic rings. The second kappa shape index (κ2) is 8.32. The Morgan fingerprint density at radius 3 is 2.43 bits per heavy atom. The minimum Gasteiger partial charge on any atom is -0.481 e. The highest BCUT2D eigenvalue weighted by molar-refractivity contribution is 6.30. The van der Waals surface area contributed by atoms with Crippen LogP contribution in [-0.2, 0) is 4.79 Å². The Morgan fingerprint density at radius 2 is 1.73 bits per heavy atom. The molecule has 154 valence electrons. The van der Waals surface area contributed by atoms with E-state index in [4.69, 9.17) is 16.3 Å².